The molecular formula is C20H13ClN2O4. The average molecular weight is 381 g/mol. The molecule has 1 heterocycles. The van der Waals surface area contributed by atoms with Crippen LogP contribution in [0.1, 0.15) is 0 Å². The van der Waals surface area contributed by atoms with Crippen molar-refractivity contribution >= 4 is 39.1 Å². The van der Waals surface area contributed by atoms with Gasteiger partial charge in [-0.25, -0.2) is 0 Å². The van der Waals surface area contributed by atoms with Gasteiger partial charge in [-0.2, -0.15) is 0 Å². The smallest absolute Gasteiger partial charge is 0.293 e. The number of non-ortho nitro benzene ring substituents is 1. The molecule has 0 saturated carbocycles. The van der Waals surface area contributed by atoms with Crippen LogP contribution >= 0.6 is 11.6 Å². The number of aromatic nitrogens is 1. The van der Waals surface area contributed by atoms with E-state index >= 15 is 0 Å². The van der Waals surface area contributed by atoms with Crippen molar-refractivity contribution in [1.29, 1.82) is 0 Å². The number of ether oxygens (including phenoxy) is 1. The lowest BCUT2D eigenvalue weighted by molar-refractivity contribution is -0.383. The molecule has 0 spiro atoms. The summed E-state index contributed by atoms with van der Waals surface area (Å²) in [5, 5.41) is 12.0. The highest BCUT2D eigenvalue weighted by molar-refractivity contribution is 6.17. The first kappa shape index (κ1) is 17.1. The van der Waals surface area contributed by atoms with Crippen LogP contribution < -0.4 is 10.2 Å². The minimum atomic E-state index is -0.532. The molecule has 0 aliphatic carbocycles. The van der Waals surface area contributed by atoms with Crippen LogP contribution in [0.4, 0.5) is 5.69 Å². The zero-order chi connectivity index (χ0) is 19.0. The summed E-state index contributed by atoms with van der Waals surface area (Å²) in [5.74, 6) is 0.209. The number of nitro benzene ring substituents is 1. The summed E-state index contributed by atoms with van der Waals surface area (Å²) in [7, 11) is 0. The maximum atomic E-state index is 13.0. The summed E-state index contributed by atoms with van der Waals surface area (Å²) in [6, 6.07) is 17.5. The van der Waals surface area contributed by atoms with Crippen LogP contribution in [-0.4, -0.2) is 16.0 Å². The Kier molecular flexibility index (Phi) is 4.25. The molecule has 0 atom stereocenters. The van der Waals surface area contributed by atoms with Crippen molar-refractivity contribution in [2.75, 3.05) is 6.07 Å². The van der Waals surface area contributed by atoms with Gasteiger partial charge in [0, 0.05) is 11.5 Å². The van der Waals surface area contributed by atoms with Gasteiger partial charge in [-0.3, -0.25) is 14.9 Å². The predicted molar refractivity (Wildman–Crippen MR) is 106 cm³/mol. The molecule has 134 valence electrons. The quantitative estimate of drug-likeness (QED) is 0.238. The molecule has 1 N–H and O–H groups in total. The van der Waals surface area contributed by atoms with Crippen molar-refractivity contribution in [1.82, 2.24) is 4.98 Å². The van der Waals surface area contributed by atoms with Crippen LogP contribution in [0.2, 0.25) is 0 Å². The van der Waals surface area contributed by atoms with Gasteiger partial charge in [0.25, 0.3) is 5.69 Å². The highest BCUT2D eigenvalue weighted by atomic mass is 35.5. The summed E-state index contributed by atoms with van der Waals surface area (Å²) in [6.45, 7) is 0. The number of hydrogen-bond donors (Lipinski definition) is 1. The van der Waals surface area contributed by atoms with Crippen molar-refractivity contribution in [2.24, 2.45) is 0 Å². The van der Waals surface area contributed by atoms with Gasteiger partial charge < -0.3 is 9.72 Å². The summed E-state index contributed by atoms with van der Waals surface area (Å²) >= 11 is 5.63. The molecule has 0 unspecified atom stereocenters. The summed E-state index contributed by atoms with van der Waals surface area (Å²) in [4.78, 5) is 27.0. The van der Waals surface area contributed by atoms with Crippen molar-refractivity contribution < 1.29 is 9.66 Å². The predicted octanol–water partition coefficient (Wildman–Crippen LogP) is 4.83. The lowest BCUT2D eigenvalue weighted by Crippen LogP contribution is -2.08. The van der Waals surface area contributed by atoms with Gasteiger partial charge >= 0.3 is 0 Å². The minimum absolute atomic E-state index is 0.116. The summed E-state index contributed by atoms with van der Waals surface area (Å²) in [6.07, 6.45) is 0. The second kappa shape index (κ2) is 6.74. The fourth-order valence-electron chi connectivity index (χ4n) is 3.18. The van der Waals surface area contributed by atoms with Crippen molar-refractivity contribution in [3.8, 4) is 16.9 Å². The van der Waals surface area contributed by atoms with Crippen LogP contribution in [0.25, 0.3) is 32.9 Å². The number of fused-ring (bicyclic) bond motifs is 2. The van der Waals surface area contributed by atoms with E-state index in [-0.39, 0.29) is 33.8 Å². The number of pyridine rings is 1. The van der Waals surface area contributed by atoms with Crippen LogP contribution in [0, 0.1) is 10.1 Å². The largest absolute Gasteiger partial charge is 0.477 e. The third-order valence-electron chi connectivity index (χ3n) is 4.41. The molecule has 1 aromatic heterocycles. The molecule has 27 heavy (non-hydrogen) atoms. The number of halogens is 1. The van der Waals surface area contributed by atoms with Crippen molar-refractivity contribution in [3.63, 3.8) is 0 Å². The highest BCUT2D eigenvalue weighted by Gasteiger charge is 2.20. The van der Waals surface area contributed by atoms with Crippen LogP contribution in [0.15, 0.2) is 65.5 Å². The molecule has 0 aliphatic rings. The average Bonchev–Trinajstić information content (AvgIpc) is 2.68. The van der Waals surface area contributed by atoms with Crippen molar-refractivity contribution in [2.45, 2.75) is 0 Å². The molecular weight excluding hydrogens is 368 g/mol. The van der Waals surface area contributed by atoms with Crippen molar-refractivity contribution in [3.05, 3.63) is 81.0 Å². The standard InChI is InChI=1S/C20H13ClN2O4/c21-11-27-17-9-8-16(23(25)26)19-18(17)20(24)14-7-6-13(10-15(14)22-19)12-4-2-1-3-5-12/h1-10H,11H2,(H,22,24). The summed E-state index contributed by atoms with van der Waals surface area (Å²) < 4.78 is 5.30. The number of aromatic amines is 1. The first-order chi connectivity index (χ1) is 13.1. The fourth-order valence-corrected chi connectivity index (χ4v) is 3.30. The van der Waals surface area contributed by atoms with E-state index in [0.717, 1.165) is 11.1 Å². The first-order valence-corrected chi connectivity index (χ1v) is 8.65. The number of rotatable bonds is 4. The monoisotopic (exact) mass is 380 g/mol. The number of nitro groups is 1. The molecule has 0 bridgehead atoms. The van der Waals surface area contributed by atoms with Crippen LogP contribution in [0.3, 0.4) is 0 Å². The molecule has 0 radical (unpaired) electrons. The lowest BCUT2D eigenvalue weighted by Gasteiger charge is -2.10. The van der Waals surface area contributed by atoms with E-state index in [2.05, 4.69) is 4.98 Å². The molecule has 6 nitrogen and oxygen atoms in total. The van der Waals surface area contributed by atoms with Gasteiger partial charge in [-0.1, -0.05) is 48.0 Å². The number of nitrogens with one attached hydrogen (secondary N) is 1. The number of benzene rings is 3. The first-order valence-electron chi connectivity index (χ1n) is 8.11. The molecule has 7 heteroatoms. The van der Waals surface area contributed by atoms with Gasteiger partial charge in [0.2, 0.25) is 5.43 Å². The van der Waals surface area contributed by atoms with E-state index in [4.69, 9.17) is 16.3 Å². The number of hydrogen-bond acceptors (Lipinski definition) is 4. The number of nitrogens with zero attached hydrogens (tertiary/aromatic N) is 1. The minimum Gasteiger partial charge on any atom is -0.477 e. The second-order valence-corrected chi connectivity index (χ2v) is 6.14. The molecule has 4 aromatic rings. The maximum absolute atomic E-state index is 13.0. The van der Waals surface area contributed by atoms with E-state index < -0.39 is 4.92 Å². The van der Waals surface area contributed by atoms with E-state index in [1.807, 2.05) is 42.5 Å². The van der Waals surface area contributed by atoms with Crippen LogP contribution in [0.5, 0.6) is 5.75 Å². The molecule has 0 fully saturated rings. The molecule has 4 rings (SSSR count). The lowest BCUT2D eigenvalue weighted by atomic mass is 10.0. The SMILES string of the molecule is O=c1c2ccc(-c3ccccc3)cc2[nH]c2c([N+](=O)[O-])ccc(OCCl)c12. The van der Waals surface area contributed by atoms with E-state index in [9.17, 15) is 14.9 Å². The zero-order valence-electron chi connectivity index (χ0n) is 13.9. The Morgan fingerprint density at radius 1 is 1.04 bits per heavy atom. The maximum Gasteiger partial charge on any atom is 0.293 e. The van der Waals surface area contributed by atoms with Gasteiger partial charge in [-0.05, 0) is 29.3 Å². The van der Waals surface area contributed by atoms with Gasteiger partial charge in [0.1, 0.15) is 11.3 Å². The Hall–Kier alpha value is -3.38. The highest BCUT2D eigenvalue weighted by Crippen LogP contribution is 2.32. The fraction of sp³-hybridized carbons (Fsp3) is 0.0500. The van der Waals surface area contributed by atoms with Gasteiger partial charge in [0.05, 0.1) is 15.8 Å². The Balaban J connectivity index is 2.07. The Morgan fingerprint density at radius 3 is 2.52 bits per heavy atom. The molecule has 0 aliphatic heterocycles. The van der Waals surface area contributed by atoms with E-state index in [1.54, 1.807) is 6.07 Å². The third kappa shape index (κ3) is 2.90. The Labute approximate surface area is 158 Å². The third-order valence-corrected chi connectivity index (χ3v) is 4.52. The van der Waals surface area contributed by atoms with Crippen LogP contribution in [-0.2, 0) is 0 Å². The molecule has 3 aromatic carbocycles. The molecule has 0 saturated heterocycles. The van der Waals surface area contributed by atoms with E-state index in [0.29, 0.717) is 10.9 Å². The topological polar surface area (TPSA) is 85.2 Å². The Bertz CT molecular complexity index is 1240. The van der Waals surface area contributed by atoms with E-state index in [1.165, 1.54) is 12.1 Å². The Morgan fingerprint density at radius 2 is 1.81 bits per heavy atom. The molecule has 0 amide bonds. The zero-order valence-corrected chi connectivity index (χ0v) is 14.7. The second-order valence-electron chi connectivity index (χ2n) is 5.92. The van der Waals surface area contributed by atoms with Gasteiger partial charge in [-0.15, -0.1) is 0 Å². The number of H-pyrrole nitrogens is 1. The summed E-state index contributed by atoms with van der Waals surface area (Å²) in [5.41, 5.74) is 1.96. The number of alkyl halides is 1. The van der Waals surface area contributed by atoms with Gasteiger partial charge in [0.15, 0.2) is 6.07 Å². The normalized spacial score (nSPS) is 11.0.